The number of fused-ring (bicyclic) bond motifs is 6. The molecule has 0 aliphatic heterocycles. The molecule has 15 rings (SSSR count). The summed E-state index contributed by atoms with van der Waals surface area (Å²) in [4.78, 5) is 2.49. The molecular weight excluding hydrogens is 807 g/mol. The number of hydrogen-bond acceptors (Lipinski definition) is 1. The molecule has 0 aromatic heterocycles. The number of hydrogen-bond donors (Lipinski definition) is 0. The molecule has 0 saturated heterocycles. The van der Waals surface area contributed by atoms with Crippen molar-refractivity contribution in [2.45, 2.75) is 48.9 Å². The van der Waals surface area contributed by atoms with Crippen LogP contribution in [-0.4, -0.2) is 0 Å². The predicted molar refractivity (Wildman–Crippen MR) is 276 cm³/mol. The van der Waals surface area contributed by atoms with Crippen molar-refractivity contribution in [3.05, 3.63) is 281 Å². The van der Waals surface area contributed by atoms with Crippen molar-refractivity contribution in [2.75, 3.05) is 4.90 Å². The van der Waals surface area contributed by atoms with E-state index in [0.717, 1.165) is 35.0 Å². The van der Waals surface area contributed by atoms with Gasteiger partial charge in [0.15, 0.2) is 0 Å². The number of nitrogens with zero attached hydrogens (tertiary/aromatic N) is 1. The number of rotatable bonds is 8. The Morgan fingerprint density at radius 2 is 0.582 bits per heavy atom. The van der Waals surface area contributed by atoms with E-state index in [1.807, 2.05) is 0 Å². The third-order valence-electron chi connectivity index (χ3n) is 17.2. The summed E-state index contributed by atoms with van der Waals surface area (Å²) in [7, 11) is 0. The lowest BCUT2D eigenvalue weighted by molar-refractivity contribution is -0.00277. The Morgan fingerprint density at radius 1 is 0.284 bits per heavy atom. The van der Waals surface area contributed by atoms with Crippen LogP contribution in [0.3, 0.4) is 0 Å². The molecule has 0 amide bonds. The topological polar surface area (TPSA) is 3.24 Å². The third-order valence-corrected chi connectivity index (χ3v) is 17.2. The average molecular weight is 860 g/mol. The van der Waals surface area contributed by atoms with Gasteiger partial charge in [-0.2, -0.15) is 0 Å². The molecule has 6 aliphatic rings. The highest BCUT2D eigenvalue weighted by molar-refractivity contribution is 5.88. The monoisotopic (exact) mass is 859 g/mol. The predicted octanol–water partition coefficient (Wildman–Crippen LogP) is 16.4. The molecular formula is C66H53N. The van der Waals surface area contributed by atoms with E-state index in [9.17, 15) is 0 Å². The summed E-state index contributed by atoms with van der Waals surface area (Å²) >= 11 is 0. The second kappa shape index (κ2) is 15.2. The molecule has 0 atom stereocenters. The van der Waals surface area contributed by atoms with Crippen LogP contribution in [0.15, 0.2) is 231 Å². The van der Waals surface area contributed by atoms with Gasteiger partial charge in [-0.1, -0.05) is 194 Å². The standard InChI is InChI=1S/C66H53N/c1-3-15-49(16-4-1)65(60-23-11-7-19-56(60)57-20-8-12-24-61(57)65)51-29-35-54(36-30-51)67(53-33-27-46(28-34-53)64-47-40-44-39-45(42-47)43-48(64)41-44)55-37-31-52(32-38-55)66(50-17-5-2-6-18-50)62-25-13-9-21-58(62)59-22-10-14-26-63(59)66/h1-38,44-45,47-48,64H,39-43H2. The molecule has 9 aromatic rings. The summed E-state index contributed by atoms with van der Waals surface area (Å²) in [6.45, 7) is 0. The first-order chi connectivity index (χ1) is 33.2. The minimum absolute atomic E-state index is 0.445. The first-order valence-corrected chi connectivity index (χ1v) is 24.8. The summed E-state index contributed by atoms with van der Waals surface area (Å²) in [5, 5.41) is 0. The van der Waals surface area contributed by atoms with E-state index < -0.39 is 10.8 Å². The molecule has 6 aliphatic carbocycles. The maximum absolute atomic E-state index is 2.49. The molecule has 0 N–H and O–H groups in total. The quantitative estimate of drug-likeness (QED) is 0.147. The van der Waals surface area contributed by atoms with Gasteiger partial charge in [0, 0.05) is 17.1 Å². The van der Waals surface area contributed by atoms with Crippen LogP contribution in [-0.2, 0) is 10.8 Å². The van der Waals surface area contributed by atoms with Crippen molar-refractivity contribution in [2.24, 2.45) is 23.7 Å². The van der Waals surface area contributed by atoms with E-state index in [1.165, 1.54) is 105 Å². The van der Waals surface area contributed by atoms with E-state index in [0.29, 0.717) is 5.92 Å². The second-order valence-corrected chi connectivity index (χ2v) is 20.4. The highest BCUT2D eigenvalue weighted by Crippen LogP contribution is 2.61. The first kappa shape index (κ1) is 39.0. The molecule has 67 heavy (non-hydrogen) atoms. The van der Waals surface area contributed by atoms with Crippen molar-refractivity contribution in [1.29, 1.82) is 0 Å². The zero-order chi connectivity index (χ0) is 44.1. The Balaban J connectivity index is 0.917. The van der Waals surface area contributed by atoms with Crippen LogP contribution in [0.5, 0.6) is 0 Å². The molecule has 0 radical (unpaired) electrons. The minimum Gasteiger partial charge on any atom is -0.311 e. The summed E-state index contributed by atoms with van der Waals surface area (Å²) in [6, 6.07) is 87.4. The average Bonchev–Trinajstić information content (AvgIpc) is 3.86. The fraction of sp³-hybridized carbons (Fsp3) is 0.182. The SMILES string of the molecule is c1ccc(C2(c3ccc(N(c4ccc(C5C6CC7CC(C6)CC5C7)cc4)c4ccc(C5(c6ccccc6)c6ccccc6-c6ccccc65)cc4)cc3)c3ccccc3-c3ccccc32)cc1. The Hall–Kier alpha value is -7.22. The van der Waals surface area contributed by atoms with Crippen molar-refractivity contribution < 1.29 is 0 Å². The van der Waals surface area contributed by atoms with Crippen LogP contribution < -0.4 is 4.90 Å². The van der Waals surface area contributed by atoms with Crippen LogP contribution in [0.25, 0.3) is 22.3 Å². The molecule has 4 saturated carbocycles. The summed E-state index contributed by atoms with van der Waals surface area (Å²) in [6.07, 6.45) is 7.22. The Morgan fingerprint density at radius 3 is 0.940 bits per heavy atom. The van der Waals surface area contributed by atoms with Crippen molar-refractivity contribution in [3.63, 3.8) is 0 Å². The molecule has 1 heteroatoms. The van der Waals surface area contributed by atoms with E-state index in [2.05, 4.69) is 235 Å². The van der Waals surface area contributed by atoms with Crippen molar-refractivity contribution in [1.82, 2.24) is 0 Å². The zero-order valence-corrected chi connectivity index (χ0v) is 37.8. The van der Waals surface area contributed by atoms with Gasteiger partial charge in [0.1, 0.15) is 0 Å². The Labute approximate surface area is 395 Å². The summed E-state index contributed by atoms with van der Waals surface area (Å²) < 4.78 is 0. The van der Waals surface area contributed by atoms with Crippen LogP contribution in [0.2, 0.25) is 0 Å². The lowest BCUT2D eigenvalue weighted by Gasteiger charge is -2.54. The summed E-state index contributed by atoms with van der Waals surface area (Å²) in [5.41, 5.74) is 19.9. The molecule has 322 valence electrons. The van der Waals surface area contributed by atoms with Gasteiger partial charge in [0.25, 0.3) is 0 Å². The van der Waals surface area contributed by atoms with Gasteiger partial charge in [0.05, 0.1) is 10.8 Å². The first-order valence-electron chi connectivity index (χ1n) is 24.8. The fourth-order valence-corrected chi connectivity index (χ4v) is 14.9. The largest absolute Gasteiger partial charge is 0.311 e. The van der Waals surface area contributed by atoms with Crippen molar-refractivity contribution >= 4 is 17.1 Å². The molecule has 0 heterocycles. The molecule has 9 aromatic carbocycles. The second-order valence-electron chi connectivity index (χ2n) is 20.4. The van der Waals surface area contributed by atoms with Gasteiger partial charge in [-0.25, -0.2) is 0 Å². The Kier molecular flexibility index (Phi) is 8.82. The lowest BCUT2D eigenvalue weighted by Crippen LogP contribution is -2.43. The van der Waals surface area contributed by atoms with Gasteiger partial charge in [-0.3, -0.25) is 0 Å². The van der Waals surface area contributed by atoms with E-state index >= 15 is 0 Å². The van der Waals surface area contributed by atoms with E-state index in [-0.39, 0.29) is 0 Å². The van der Waals surface area contributed by atoms with Crippen LogP contribution >= 0.6 is 0 Å². The number of benzene rings is 9. The molecule has 4 bridgehead atoms. The third kappa shape index (κ3) is 5.67. The smallest absolute Gasteiger partial charge is 0.0713 e. The van der Waals surface area contributed by atoms with Gasteiger partial charge < -0.3 is 4.90 Å². The van der Waals surface area contributed by atoms with Crippen LogP contribution in [0.4, 0.5) is 17.1 Å². The highest BCUT2D eigenvalue weighted by atomic mass is 15.1. The maximum atomic E-state index is 2.49. The van der Waals surface area contributed by atoms with E-state index in [1.54, 1.807) is 5.56 Å². The number of anilines is 3. The maximum Gasteiger partial charge on any atom is 0.0713 e. The molecule has 0 spiro atoms. The Bertz CT molecular complexity index is 2990. The molecule has 1 nitrogen and oxygen atoms in total. The minimum atomic E-state index is -0.445. The highest BCUT2D eigenvalue weighted by Gasteiger charge is 2.50. The normalized spacial score (nSPS) is 21.8. The molecule has 0 unspecified atom stereocenters. The van der Waals surface area contributed by atoms with Gasteiger partial charge in [-0.15, -0.1) is 0 Å². The van der Waals surface area contributed by atoms with Crippen LogP contribution in [0.1, 0.15) is 88.1 Å². The summed E-state index contributed by atoms with van der Waals surface area (Å²) in [5.74, 6) is 4.34. The molecule has 4 fully saturated rings. The van der Waals surface area contributed by atoms with Gasteiger partial charge >= 0.3 is 0 Å². The van der Waals surface area contributed by atoms with E-state index in [4.69, 9.17) is 0 Å². The lowest BCUT2D eigenvalue weighted by atomic mass is 9.51. The van der Waals surface area contributed by atoms with Gasteiger partial charge in [0.2, 0.25) is 0 Å². The van der Waals surface area contributed by atoms with Gasteiger partial charge in [-0.05, 0) is 170 Å². The van der Waals surface area contributed by atoms with Crippen molar-refractivity contribution in [3.8, 4) is 22.3 Å². The zero-order valence-electron chi connectivity index (χ0n) is 37.8. The fourth-order valence-electron chi connectivity index (χ4n) is 14.9. The van der Waals surface area contributed by atoms with Crippen LogP contribution in [0, 0.1) is 23.7 Å².